The van der Waals surface area contributed by atoms with Crippen molar-refractivity contribution in [2.45, 2.75) is 104 Å². The molecule has 0 aliphatic heterocycles. The molecule has 4 fully saturated rings. The molecule has 0 saturated heterocycles. The smallest absolute Gasteiger partial charge is 0.246 e. The highest BCUT2D eigenvalue weighted by molar-refractivity contribution is 5.92. The van der Waals surface area contributed by atoms with Crippen LogP contribution in [0.5, 0.6) is 0 Å². The third kappa shape index (κ3) is 3.90. The lowest BCUT2D eigenvalue weighted by molar-refractivity contribution is -0.180. The van der Waals surface area contributed by atoms with Gasteiger partial charge in [-0.05, 0) is 120 Å². The number of rotatable bonds is 4. The summed E-state index contributed by atoms with van der Waals surface area (Å²) in [6.07, 6.45) is 8.36. The summed E-state index contributed by atoms with van der Waals surface area (Å²) >= 11 is 0. The molecule has 0 radical (unpaired) electrons. The first-order valence-corrected chi connectivity index (χ1v) is 13.4. The standard InChI is InChI=1S/C28H48N2O3/c1-8-16(2)26(33)29-24-23(31)15-28(5)21-13-14-27(4)19(17(3)30(6)7)11-12-20(27)18(21)9-10-22(28)25(24)32/h8,17-25,31-32H,9-15H2,1-7H3,(H,29,33)/b16-8+/t17-,18-,19+,20+,21-,22-,23-,24-,25+,27+,28+/m0/s1. The summed E-state index contributed by atoms with van der Waals surface area (Å²) in [7, 11) is 4.44. The Bertz CT molecular complexity index is 781. The van der Waals surface area contributed by atoms with E-state index in [4.69, 9.17) is 0 Å². The molecule has 0 bridgehead atoms. The molecule has 0 aromatic carbocycles. The van der Waals surface area contributed by atoms with Crippen molar-refractivity contribution >= 4 is 5.91 Å². The third-order valence-electron chi connectivity index (χ3n) is 11.3. The van der Waals surface area contributed by atoms with E-state index < -0.39 is 18.2 Å². The van der Waals surface area contributed by atoms with E-state index >= 15 is 0 Å². The molecule has 5 heteroatoms. The Morgan fingerprint density at radius 3 is 2.30 bits per heavy atom. The number of nitrogens with one attached hydrogen (secondary N) is 1. The molecular formula is C28H48N2O3. The average Bonchev–Trinajstić information content (AvgIpc) is 3.12. The largest absolute Gasteiger partial charge is 0.391 e. The zero-order valence-corrected chi connectivity index (χ0v) is 22.0. The summed E-state index contributed by atoms with van der Waals surface area (Å²) in [4.78, 5) is 14.9. The zero-order chi connectivity index (χ0) is 24.3. The predicted molar refractivity (Wildman–Crippen MR) is 133 cm³/mol. The van der Waals surface area contributed by atoms with Gasteiger partial charge in [-0.25, -0.2) is 0 Å². The van der Waals surface area contributed by atoms with Gasteiger partial charge in [0, 0.05) is 11.6 Å². The van der Waals surface area contributed by atoms with E-state index in [0.29, 0.717) is 35.3 Å². The van der Waals surface area contributed by atoms with Gasteiger partial charge in [-0.1, -0.05) is 19.9 Å². The van der Waals surface area contributed by atoms with Crippen molar-refractivity contribution in [2.24, 2.45) is 40.4 Å². The average molecular weight is 461 g/mol. The van der Waals surface area contributed by atoms with E-state index in [1.54, 1.807) is 13.0 Å². The van der Waals surface area contributed by atoms with Crippen LogP contribution >= 0.6 is 0 Å². The molecule has 0 spiro atoms. The van der Waals surface area contributed by atoms with Gasteiger partial charge in [0.15, 0.2) is 0 Å². The van der Waals surface area contributed by atoms with E-state index in [2.05, 4.69) is 45.1 Å². The fourth-order valence-corrected chi connectivity index (χ4v) is 9.18. The van der Waals surface area contributed by atoms with Gasteiger partial charge in [0.1, 0.15) is 0 Å². The number of carbonyl (C=O) groups is 1. The van der Waals surface area contributed by atoms with Crippen LogP contribution in [0.2, 0.25) is 0 Å². The van der Waals surface area contributed by atoms with Gasteiger partial charge < -0.3 is 20.4 Å². The highest BCUT2D eigenvalue weighted by atomic mass is 16.3. The van der Waals surface area contributed by atoms with Gasteiger partial charge in [-0.3, -0.25) is 4.79 Å². The van der Waals surface area contributed by atoms with Crippen LogP contribution in [0.4, 0.5) is 0 Å². The molecule has 0 aromatic rings. The fraction of sp³-hybridized carbons (Fsp3) is 0.893. The van der Waals surface area contributed by atoms with Crippen molar-refractivity contribution < 1.29 is 15.0 Å². The number of allylic oxidation sites excluding steroid dienone is 1. The van der Waals surface area contributed by atoms with Crippen molar-refractivity contribution in [3.05, 3.63) is 11.6 Å². The summed E-state index contributed by atoms with van der Waals surface area (Å²) in [5.41, 5.74) is 0.965. The first-order valence-electron chi connectivity index (χ1n) is 13.4. The first-order chi connectivity index (χ1) is 15.5. The van der Waals surface area contributed by atoms with E-state index in [-0.39, 0.29) is 17.2 Å². The van der Waals surface area contributed by atoms with Gasteiger partial charge in [-0.15, -0.1) is 0 Å². The van der Waals surface area contributed by atoms with E-state index in [1.165, 1.54) is 32.1 Å². The number of hydrogen-bond acceptors (Lipinski definition) is 4. The lowest BCUT2D eigenvalue weighted by Crippen LogP contribution is -2.65. The van der Waals surface area contributed by atoms with Crippen LogP contribution < -0.4 is 5.32 Å². The normalized spacial score (nSPS) is 48.6. The third-order valence-corrected chi connectivity index (χ3v) is 11.3. The lowest BCUT2D eigenvalue weighted by atomic mass is 9.43. The number of hydrogen-bond donors (Lipinski definition) is 3. The van der Waals surface area contributed by atoms with Crippen LogP contribution in [0.3, 0.4) is 0 Å². The number of nitrogens with zero attached hydrogens (tertiary/aromatic N) is 1. The highest BCUT2D eigenvalue weighted by Crippen LogP contribution is 2.67. The molecule has 4 aliphatic rings. The minimum absolute atomic E-state index is 0.0643. The molecule has 0 aromatic heterocycles. The molecule has 3 N–H and O–H groups in total. The molecule has 0 unspecified atom stereocenters. The first kappa shape index (κ1) is 25.2. The Kier molecular flexibility index (Phi) is 6.83. The number of aliphatic hydroxyl groups is 2. The van der Waals surface area contributed by atoms with Gasteiger partial charge in [0.05, 0.1) is 18.2 Å². The summed E-state index contributed by atoms with van der Waals surface area (Å²) < 4.78 is 0. The van der Waals surface area contributed by atoms with E-state index in [1.807, 2.05) is 6.92 Å². The number of amides is 1. The Hall–Kier alpha value is -0.910. The molecule has 33 heavy (non-hydrogen) atoms. The molecule has 188 valence electrons. The number of carbonyl (C=O) groups excluding carboxylic acids is 1. The summed E-state index contributed by atoms with van der Waals surface area (Å²) in [5, 5.41) is 25.5. The molecule has 0 heterocycles. The van der Waals surface area contributed by atoms with Gasteiger partial charge in [0.2, 0.25) is 5.91 Å². The maximum Gasteiger partial charge on any atom is 0.246 e. The second kappa shape index (κ2) is 8.95. The van der Waals surface area contributed by atoms with Crippen LogP contribution in [-0.4, -0.2) is 59.4 Å². The van der Waals surface area contributed by atoms with Crippen LogP contribution in [0.1, 0.15) is 79.6 Å². The maximum absolute atomic E-state index is 12.5. The fourth-order valence-electron chi connectivity index (χ4n) is 9.18. The number of fused-ring (bicyclic) bond motifs is 5. The highest BCUT2D eigenvalue weighted by Gasteiger charge is 2.63. The predicted octanol–water partition coefficient (Wildman–Crippen LogP) is 3.99. The Morgan fingerprint density at radius 2 is 1.67 bits per heavy atom. The van der Waals surface area contributed by atoms with Crippen molar-refractivity contribution in [1.29, 1.82) is 0 Å². The van der Waals surface area contributed by atoms with Gasteiger partial charge in [0.25, 0.3) is 0 Å². The maximum atomic E-state index is 12.5. The topological polar surface area (TPSA) is 72.8 Å². The van der Waals surface area contributed by atoms with Gasteiger partial charge in [-0.2, -0.15) is 0 Å². The Morgan fingerprint density at radius 1 is 1.03 bits per heavy atom. The van der Waals surface area contributed by atoms with Crippen molar-refractivity contribution in [3.8, 4) is 0 Å². The Labute approximate surface area is 201 Å². The second-order valence-corrected chi connectivity index (χ2v) is 12.7. The minimum Gasteiger partial charge on any atom is -0.391 e. The molecule has 11 atom stereocenters. The van der Waals surface area contributed by atoms with E-state index in [9.17, 15) is 15.0 Å². The molecule has 4 aliphatic carbocycles. The molecule has 1 amide bonds. The quantitative estimate of drug-likeness (QED) is 0.555. The minimum atomic E-state index is -0.702. The van der Waals surface area contributed by atoms with Crippen LogP contribution in [-0.2, 0) is 4.79 Å². The van der Waals surface area contributed by atoms with E-state index in [0.717, 1.165) is 18.3 Å². The molecule has 4 rings (SSSR count). The van der Waals surface area contributed by atoms with Crippen molar-refractivity contribution in [1.82, 2.24) is 10.2 Å². The zero-order valence-electron chi connectivity index (χ0n) is 22.0. The van der Waals surface area contributed by atoms with Gasteiger partial charge >= 0.3 is 0 Å². The van der Waals surface area contributed by atoms with Crippen molar-refractivity contribution in [2.75, 3.05) is 14.1 Å². The molecular weight excluding hydrogens is 412 g/mol. The molecule has 5 nitrogen and oxygen atoms in total. The number of aliphatic hydroxyl groups excluding tert-OH is 2. The second-order valence-electron chi connectivity index (χ2n) is 12.7. The molecule has 4 saturated carbocycles. The Balaban J connectivity index is 1.55. The van der Waals surface area contributed by atoms with Crippen LogP contribution in [0.25, 0.3) is 0 Å². The van der Waals surface area contributed by atoms with Crippen LogP contribution in [0, 0.1) is 40.4 Å². The van der Waals surface area contributed by atoms with Crippen LogP contribution in [0.15, 0.2) is 11.6 Å². The SMILES string of the molecule is C/C=C(\C)C(=O)N[C@@H]1[C@H](O)[C@@H]2CC[C@H]3[C@H]4CC[C@H]([C@H](C)N(C)C)[C@@]4(C)CC[C@@H]3[C@@]2(C)C[C@@H]1O. The monoisotopic (exact) mass is 460 g/mol. The lowest BCUT2D eigenvalue weighted by Gasteiger charge is -2.63. The van der Waals surface area contributed by atoms with Crippen molar-refractivity contribution in [3.63, 3.8) is 0 Å². The summed E-state index contributed by atoms with van der Waals surface area (Å²) in [6, 6.07) is 0.0273. The summed E-state index contributed by atoms with van der Waals surface area (Å²) in [6.45, 7) is 10.9. The summed E-state index contributed by atoms with van der Waals surface area (Å²) in [5.74, 6) is 2.71.